The number of aliphatic carboxylic acids is 2. The SMILES string of the molecule is CN(C)c1ccc(C=CC(=O)[O-])cc1.CN(C)c1ccc(C=CC(=O)[O-])cc1.[Cu+2]. The van der Waals surface area contributed by atoms with Crippen molar-refractivity contribution in [2.45, 2.75) is 0 Å². The topological polar surface area (TPSA) is 86.7 Å². The van der Waals surface area contributed by atoms with E-state index in [1.165, 1.54) is 12.2 Å². The second-order valence-electron chi connectivity index (χ2n) is 6.28. The zero-order valence-electron chi connectivity index (χ0n) is 16.8. The average Bonchev–Trinajstić information content (AvgIpc) is 2.65. The summed E-state index contributed by atoms with van der Waals surface area (Å²) >= 11 is 0. The van der Waals surface area contributed by atoms with Gasteiger partial charge in [-0.2, -0.15) is 0 Å². The fourth-order valence-corrected chi connectivity index (χ4v) is 2.10. The predicted molar refractivity (Wildman–Crippen MR) is 110 cm³/mol. The van der Waals surface area contributed by atoms with E-state index in [1.54, 1.807) is 0 Å². The van der Waals surface area contributed by atoms with Crippen LogP contribution in [-0.4, -0.2) is 40.1 Å². The van der Waals surface area contributed by atoms with Crippen molar-refractivity contribution in [3.8, 4) is 0 Å². The normalized spacial score (nSPS) is 10.1. The van der Waals surface area contributed by atoms with Crippen LogP contribution in [0.2, 0.25) is 0 Å². The van der Waals surface area contributed by atoms with Crippen molar-refractivity contribution < 1.29 is 36.9 Å². The minimum absolute atomic E-state index is 0. The Bertz CT molecular complexity index is 755. The standard InChI is InChI=1S/2C11H13NO2.Cu/c2*1-12(2)10-6-3-9(4-7-10)5-8-11(13)14;/h2*3-8H,1-2H3,(H,13,14);/q;;+2/p-2. The van der Waals surface area contributed by atoms with Gasteiger partial charge < -0.3 is 29.6 Å². The molecule has 1 radical (unpaired) electrons. The number of rotatable bonds is 6. The summed E-state index contributed by atoms with van der Waals surface area (Å²) < 4.78 is 0. The molecule has 0 spiro atoms. The van der Waals surface area contributed by atoms with Gasteiger partial charge >= 0.3 is 17.1 Å². The molecule has 0 aliphatic heterocycles. The minimum atomic E-state index is -1.18. The van der Waals surface area contributed by atoms with E-state index in [0.717, 1.165) is 34.7 Å². The van der Waals surface area contributed by atoms with Crippen molar-refractivity contribution >= 4 is 35.5 Å². The summed E-state index contributed by atoms with van der Waals surface area (Å²) in [5.41, 5.74) is 3.85. The predicted octanol–water partition coefficient (Wildman–Crippen LogP) is 1.03. The molecule has 0 aliphatic rings. The first-order chi connectivity index (χ1) is 13.2. The summed E-state index contributed by atoms with van der Waals surface area (Å²) in [7, 11) is 7.80. The molecular weight excluding hydrogens is 420 g/mol. The molecule has 2 aromatic rings. The van der Waals surface area contributed by atoms with Crippen LogP contribution in [0.4, 0.5) is 11.4 Å². The maximum absolute atomic E-state index is 10.1. The molecule has 29 heavy (non-hydrogen) atoms. The Morgan fingerprint density at radius 2 is 0.931 bits per heavy atom. The molecule has 0 aliphatic carbocycles. The van der Waals surface area contributed by atoms with Crippen LogP contribution in [0, 0.1) is 0 Å². The van der Waals surface area contributed by atoms with Gasteiger partial charge in [-0.25, -0.2) is 0 Å². The van der Waals surface area contributed by atoms with E-state index in [-0.39, 0.29) is 17.1 Å². The third-order valence-electron chi connectivity index (χ3n) is 3.64. The van der Waals surface area contributed by atoms with Crippen molar-refractivity contribution in [3.63, 3.8) is 0 Å². The first-order valence-corrected chi connectivity index (χ1v) is 8.52. The molecule has 0 N–H and O–H groups in total. The second kappa shape index (κ2) is 13.2. The summed E-state index contributed by atoms with van der Waals surface area (Å²) in [6.07, 6.45) is 5.05. The number of nitrogens with zero attached hydrogens (tertiary/aromatic N) is 2. The molecule has 0 heterocycles. The summed E-state index contributed by atoms with van der Waals surface area (Å²) in [6.45, 7) is 0. The number of benzene rings is 2. The average molecular weight is 444 g/mol. The van der Waals surface area contributed by atoms with E-state index in [1.807, 2.05) is 86.5 Å². The molecule has 0 atom stereocenters. The van der Waals surface area contributed by atoms with Crippen LogP contribution in [-0.2, 0) is 26.7 Å². The first kappa shape index (κ1) is 26.0. The molecule has 0 saturated heterocycles. The fourth-order valence-electron chi connectivity index (χ4n) is 2.10. The number of hydrogen-bond donors (Lipinski definition) is 0. The summed E-state index contributed by atoms with van der Waals surface area (Å²) in [4.78, 5) is 24.2. The molecule has 2 rings (SSSR count). The number of anilines is 2. The summed E-state index contributed by atoms with van der Waals surface area (Å²) in [5, 5.41) is 20.3. The van der Waals surface area contributed by atoms with Gasteiger partial charge in [-0.3, -0.25) is 0 Å². The molecule has 0 unspecified atom stereocenters. The fraction of sp³-hybridized carbons (Fsp3) is 0.182. The summed E-state index contributed by atoms with van der Waals surface area (Å²) in [5.74, 6) is -2.36. The van der Waals surface area contributed by atoms with Gasteiger partial charge in [0.15, 0.2) is 0 Å². The van der Waals surface area contributed by atoms with Gasteiger partial charge in [0.05, 0.1) is 11.9 Å². The van der Waals surface area contributed by atoms with Crippen LogP contribution >= 0.6 is 0 Å². The molecular formula is C22H24CuN2O4. The van der Waals surface area contributed by atoms with Crippen LogP contribution in [0.15, 0.2) is 60.7 Å². The Kier molecular flexibility index (Phi) is 11.8. The van der Waals surface area contributed by atoms with E-state index in [0.29, 0.717) is 0 Å². The van der Waals surface area contributed by atoms with Crippen molar-refractivity contribution in [2.75, 3.05) is 38.0 Å². The van der Waals surface area contributed by atoms with Gasteiger partial charge in [0.1, 0.15) is 0 Å². The summed E-state index contributed by atoms with van der Waals surface area (Å²) in [6, 6.07) is 15.1. The van der Waals surface area contributed by atoms with Gasteiger partial charge in [-0.15, -0.1) is 0 Å². The van der Waals surface area contributed by atoms with Crippen LogP contribution in [0.25, 0.3) is 12.2 Å². The Balaban J connectivity index is 0.000000523. The monoisotopic (exact) mass is 443 g/mol. The second-order valence-corrected chi connectivity index (χ2v) is 6.28. The Morgan fingerprint density at radius 3 is 1.14 bits per heavy atom. The molecule has 0 bridgehead atoms. The third-order valence-corrected chi connectivity index (χ3v) is 3.64. The van der Waals surface area contributed by atoms with Crippen molar-refractivity contribution in [1.29, 1.82) is 0 Å². The van der Waals surface area contributed by atoms with Crippen molar-refractivity contribution in [2.24, 2.45) is 0 Å². The number of carboxylic acid groups (broad SMARTS) is 2. The largest absolute Gasteiger partial charge is 2.00 e. The van der Waals surface area contributed by atoms with E-state index in [4.69, 9.17) is 0 Å². The van der Waals surface area contributed by atoms with Crippen LogP contribution in [0.5, 0.6) is 0 Å². The molecule has 2 aromatic carbocycles. The third kappa shape index (κ3) is 10.8. The van der Waals surface area contributed by atoms with Crippen molar-refractivity contribution in [1.82, 2.24) is 0 Å². The Labute approximate surface area is 182 Å². The smallest absolute Gasteiger partial charge is 0.545 e. The maximum atomic E-state index is 10.1. The van der Waals surface area contributed by atoms with Gasteiger partial charge in [0.25, 0.3) is 0 Å². The van der Waals surface area contributed by atoms with E-state index >= 15 is 0 Å². The van der Waals surface area contributed by atoms with Crippen LogP contribution in [0.1, 0.15) is 11.1 Å². The zero-order valence-corrected chi connectivity index (χ0v) is 17.7. The van der Waals surface area contributed by atoms with Gasteiger partial charge in [-0.1, -0.05) is 36.4 Å². The molecule has 157 valence electrons. The van der Waals surface area contributed by atoms with E-state index < -0.39 is 11.9 Å². The first-order valence-electron chi connectivity index (χ1n) is 8.52. The molecule has 6 nitrogen and oxygen atoms in total. The molecule has 0 amide bonds. The molecule has 0 fully saturated rings. The van der Waals surface area contributed by atoms with Crippen molar-refractivity contribution in [3.05, 3.63) is 71.8 Å². The van der Waals surface area contributed by atoms with E-state index in [9.17, 15) is 19.8 Å². The Morgan fingerprint density at radius 1 is 0.655 bits per heavy atom. The Hall–Kier alpha value is -3.02. The van der Waals surface area contributed by atoms with Gasteiger partial charge in [0, 0.05) is 39.6 Å². The van der Waals surface area contributed by atoms with Gasteiger partial charge in [-0.05, 0) is 47.5 Å². The number of carboxylic acids is 2. The quantitative estimate of drug-likeness (QED) is 0.489. The van der Waals surface area contributed by atoms with Crippen LogP contribution in [0.3, 0.4) is 0 Å². The van der Waals surface area contributed by atoms with Gasteiger partial charge in [0.2, 0.25) is 0 Å². The number of carbonyl (C=O) groups is 2. The van der Waals surface area contributed by atoms with E-state index in [2.05, 4.69) is 0 Å². The number of hydrogen-bond acceptors (Lipinski definition) is 6. The minimum Gasteiger partial charge on any atom is -0.545 e. The number of carbonyl (C=O) groups excluding carboxylic acids is 2. The maximum Gasteiger partial charge on any atom is 2.00 e. The zero-order chi connectivity index (χ0) is 21.1. The van der Waals surface area contributed by atoms with Crippen LogP contribution < -0.4 is 20.0 Å². The molecule has 0 aromatic heterocycles. The molecule has 7 heteroatoms. The molecule has 0 saturated carbocycles.